The summed E-state index contributed by atoms with van der Waals surface area (Å²) in [6.07, 6.45) is -0.997. The van der Waals surface area contributed by atoms with E-state index in [9.17, 15) is 14.7 Å². The number of hydrogen-bond acceptors (Lipinski definition) is 6. The van der Waals surface area contributed by atoms with Crippen molar-refractivity contribution in [3.63, 3.8) is 0 Å². The van der Waals surface area contributed by atoms with Crippen molar-refractivity contribution in [3.05, 3.63) is 35.4 Å². The monoisotopic (exact) mass is 330 g/mol. The van der Waals surface area contributed by atoms with Crippen LogP contribution in [0, 0.1) is 11.8 Å². The van der Waals surface area contributed by atoms with Gasteiger partial charge in [0.25, 0.3) is 0 Å². The Hall–Kier alpha value is -2.24. The largest absolute Gasteiger partial charge is 0.384 e. The van der Waals surface area contributed by atoms with Gasteiger partial charge in [0.2, 0.25) is 18.2 Å². The van der Waals surface area contributed by atoms with Gasteiger partial charge >= 0.3 is 0 Å². The molecule has 1 aromatic rings. The molecule has 2 saturated heterocycles. The summed E-state index contributed by atoms with van der Waals surface area (Å²) >= 11 is 0. The molecule has 0 radical (unpaired) electrons. The van der Waals surface area contributed by atoms with Crippen LogP contribution in [0.15, 0.2) is 24.3 Å². The Balaban J connectivity index is 1.74. The predicted molar refractivity (Wildman–Crippen MR) is 83.1 cm³/mol. The molecule has 2 aliphatic rings. The first-order valence-corrected chi connectivity index (χ1v) is 7.71. The van der Waals surface area contributed by atoms with Gasteiger partial charge in [0, 0.05) is 18.5 Å². The SMILES string of the molecule is O=C1CCC(N2CC(c3cccc(C#CCO)c3)OC2O)C(=O)N1. The second-order valence-corrected chi connectivity index (χ2v) is 5.70. The number of aliphatic hydroxyl groups is 2. The lowest BCUT2D eigenvalue weighted by atomic mass is 10.0. The van der Waals surface area contributed by atoms with E-state index < -0.39 is 24.5 Å². The van der Waals surface area contributed by atoms with E-state index in [4.69, 9.17) is 9.84 Å². The number of ether oxygens (including phenoxy) is 1. The van der Waals surface area contributed by atoms with Crippen LogP contribution in [0.5, 0.6) is 0 Å². The minimum Gasteiger partial charge on any atom is -0.384 e. The van der Waals surface area contributed by atoms with E-state index >= 15 is 0 Å². The Morgan fingerprint density at radius 2 is 2.21 bits per heavy atom. The van der Waals surface area contributed by atoms with Gasteiger partial charge in [0.05, 0.1) is 12.1 Å². The summed E-state index contributed by atoms with van der Waals surface area (Å²) in [5.41, 5.74) is 1.56. The van der Waals surface area contributed by atoms with Gasteiger partial charge in [-0.2, -0.15) is 0 Å². The molecule has 3 rings (SSSR count). The van der Waals surface area contributed by atoms with Crippen LogP contribution in [0.4, 0.5) is 0 Å². The number of carbonyl (C=O) groups excluding carboxylic acids is 2. The van der Waals surface area contributed by atoms with Crippen LogP contribution in [0.1, 0.15) is 30.1 Å². The zero-order valence-electron chi connectivity index (χ0n) is 12.9. The number of amides is 2. The van der Waals surface area contributed by atoms with Gasteiger partial charge in [0.1, 0.15) is 6.61 Å². The Kier molecular flexibility index (Phi) is 4.92. The Bertz CT molecular complexity index is 708. The molecule has 0 bridgehead atoms. The quantitative estimate of drug-likeness (QED) is 0.499. The Labute approximate surface area is 139 Å². The summed E-state index contributed by atoms with van der Waals surface area (Å²) in [6.45, 7) is 0.122. The van der Waals surface area contributed by atoms with Crippen molar-refractivity contribution in [2.75, 3.05) is 13.2 Å². The molecular weight excluding hydrogens is 312 g/mol. The van der Waals surface area contributed by atoms with Gasteiger partial charge < -0.3 is 14.9 Å². The van der Waals surface area contributed by atoms with Gasteiger partial charge in [-0.3, -0.25) is 14.9 Å². The summed E-state index contributed by atoms with van der Waals surface area (Å²) in [5, 5.41) is 21.2. The first-order chi connectivity index (χ1) is 11.6. The van der Waals surface area contributed by atoms with Crippen LogP contribution in [0.2, 0.25) is 0 Å². The number of carbonyl (C=O) groups is 2. The minimum absolute atomic E-state index is 0.216. The molecule has 3 N–H and O–H groups in total. The van der Waals surface area contributed by atoms with E-state index in [0.717, 1.165) is 11.1 Å². The zero-order chi connectivity index (χ0) is 17.1. The number of hydrogen-bond donors (Lipinski definition) is 3. The van der Waals surface area contributed by atoms with Crippen molar-refractivity contribution in [1.29, 1.82) is 0 Å². The normalized spacial score (nSPS) is 27.5. The highest BCUT2D eigenvalue weighted by Gasteiger charge is 2.41. The molecule has 7 heteroatoms. The fourth-order valence-corrected chi connectivity index (χ4v) is 2.97. The molecule has 0 spiro atoms. The van der Waals surface area contributed by atoms with Crippen LogP contribution in [0.25, 0.3) is 0 Å². The Morgan fingerprint density at radius 3 is 2.96 bits per heavy atom. The third kappa shape index (κ3) is 3.47. The fraction of sp³-hybridized carbons (Fsp3) is 0.412. The smallest absolute Gasteiger partial charge is 0.244 e. The standard InChI is InChI=1S/C17H18N2O5/c20-8-2-4-11-3-1-5-12(9-11)14-10-19(17(23)24-14)13-6-7-15(21)18-16(13)22/h1,3,5,9,13-14,17,20,23H,6-8,10H2,(H,18,21,22). The van der Waals surface area contributed by atoms with Gasteiger partial charge in [-0.15, -0.1) is 0 Å². The number of piperidine rings is 1. The van der Waals surface area contributed by atoms with Gasteiger partial charge in [-0.1, -0.05) is 24.0 Å². The Morgan fingerprint density at radius 1 is 1.38 bits per heavy atom. The summed E-state index contributed by atoms with van der Waals surface area (Å²) in [4.78, 5) is 24.8. The molecule has 3 atom stereocenters. The van der Waals surface area contributed by atoms with E-state index in [1.54, 1.807) is 4.90 Å². The molecule has 24 heavy (non-hydrogen) atoms. The maximum absolute atomic E-state index is 12.0. The lowest BCUT2D eigenvalue weighted by molar-refractivity contribution is -0.170. The molecule has 0 aromatic heterocycles. The van der Waals surface area contributed by atoms with E-state index in [1.807, 2.05) is 24.3 Å². The van der Waals surface area contributed by atoms with Crippen molar-refractivity contribution in [2.45, 2.75) is 31.4 Å². The summed E-state index contributed by atoms with van der Waals surface area (Å²) < 4.78 is 5.57. The average Bonchev–Trinajstić information content (AvgIpc) is 2.95. The molecule has 7 nitrogen and oxygen atoms in total. The average molecular weight is 330 g/mol. The number of imide groups is 1. The number of rotatable bonds is 2. The molecule has 3 unspecified atom stereocenters. The molecule has 0 saturated carbocycles. The molecular formula is C17H18N2O5. The second kappa shape index (κ2) is 7.11. The summed E-state index contributed by atoms with van der Waals surface area (Å²) in [6, 6.07) is 6.74. The number of benzene rings is 1. The van der Waals surface area contributed by atoms with Crippen molar-refractivity contribution < 1.29 is 24.5 Å². The molecule has 2 amide bonds. The van der Waals surface area contributed by atoms with Crippen molar-refractivity contribution in [3.8, 4) is 11.8 Å². The molecule has 2 fully saturated rings. The highest BCUT2D eigenvalue weighted by Crippen LogP contribution is 2.31. The van der Waals surface area contributed by atoms with Gasteiger partial charge in [-0.05, 0) is 24.1 Å². The van der Waals surface area contributed by atoms with Crippen molar-refractivity contribution >= 4 is 11.8 Å². The molecule has 0 aliphatic carbocycles. The van der Waals surface area contributed by atoms with Crippen LogP contribution in [-0.2, 0) is 14.3 Å². The van der Waals surface area contributed by atoms with Crippen LogP contribution < -0.4 is 5.32 Å². The lowest BCUT2D eigenvalue weighted by Crippen LogP contribution is -2.54. The van der Waals surface area contributed by atoms with E-state index in [1.165, 1.54) is 0 Å². The maximum atomic E-state index is 12.0. The first-order valence-electron chi connectivity index (χ1n) is 7.71. The number of nitrogens with zero attached hydrogens (tertiary/aromatic N) is 1. The highest BCUT2D eigenvalue weighted by atomic mass is 16.6. The molecule has 126 valence electrons. The second-order valence-electron chi connectivity index (χ2n) is 5.70. The topological polar surface area (TPSA) is 99.1 Å². The minimum atomic E-state index is -1.20. The number of aliphatic hydroxyl groups excluding tert-OH is 2. The third-order valence-electron chi connectivity index (χ3n) is 4.13. The van der Waals surface area contributed by atoms with Crippen LogP contribution in [0.3, 0.4) is 0 Å². The van der Waals surface area contributed by atoms with E-state index in [-0.39, 0.29) is 18.9 Å². The van der Waals surface area contributed by atoms with Crippen molar-refractivity contribution in [2.24, 2.45) is 0 Å². The van der Waals surface area contributed by atoms with Gasteiger partial charge in [0.15, 0.2) is 0 Å². The van der Waals surface area contributed by atoms with Crippen molar-refractivity contribution in [1.82, 2.24) is 10.2 Å². The zero-order valence-corrected chi connectivity index (χ0v) is 12.9. The predicted octanol–water partition coefficient (Wildman–Crippen LogP) is -0.515. The first kappa shape index (κ1) is 16.6. The third-order valence-corrected chi connectivity index (χ3v) is 4.13. The molecule has 2 heterocycles. The summed E-state index contributed by atoms with van der Waals surface area (Å²) in [7, 11) is 0. The highest BCUT2D eigenvalue weighted by molar-refractivity contribution is 6.00. The lowest BCUT2D eigenvalue weighted by Gasteiger charge is -2.30. The van der Waals surface area contributed by atoms with Crippen LogP contribution in [-0.4, -0.2) is 52.5 Å². The van der Waals surface area contributed by atoms with Gasteiger partial charge in [-0.25, -0.2) is 4.90 Å². The van der Waals surface area contributed by atoms with Crippen LogP contribution >= 0.6 is 0 Å². The summed E-state index contributed by atoms with van der Waals surface area (Å²) in [5.74, 6) is 4.70. The fourth-order valence-electron chi connectivity index (χ4n) is 2.97. The molecule has 2 aliphatic heterocycles. The number of nitrogens with one attached hydrogen (secondary N) is 1. The maximum Gasteiger partial charge on any atom is 0.244 e. The van der Waals surface area contributed by atoms with E-state index in [0.29, 0.717) is 13.0 Å². The van der Waals surface area contributed by atoms with E-state index in [2.05, 4.69) is 17.2 Å². The molecule has 1 aromatic carbocycles.